The number of aliphatic carboxylic acids is 1. The average Bonchev–Trinajstić information content (AvgIpc) is 3.22. The number of ether oxygens (including phenoxy) is 4. The molecule has 0 spiro atoms. The zero-order valence-corrected chi connectivity index (χ0v) is 37.8. The van der Waals surface area contributed by atoms with Gasteiger partial charge in [-0.2, -0.15) is 0 Å². The maximum atomic E-state index is 12.6. The lowest BCUT2D eigenvalue weighted by Crippen LogP contribution is -2.63. The summed E-state index contributed by atoms with van der Waals surface area (Å²) in [6.45, 7) is 6.75. The van der Waals surface area contributed by atoms with Gasteiger partial charge in [-0.3, -0.25) is 9.59 Å². The molecule has 3 heterocycles. The molecule has 13 N–H and O–H groups in total. The summed E-state index contributed by atoms with van der Waals surface area (Å²) in [5, 5.41) is 119. The van der Waals surface area contributed by atoms with Crippen molar-refractivity contribution in [1.29, 1.82) is 0 Å². The lowest BCUT2D eigenvalue weighted by Gasteiger charge is -2.47. The number of fused-ring (bicyclic) bond motifs is 2. The minimum atomic E-state index is -2.42. The number of carboxylic acids is 1. The Balaban J connectivity index is 1.85. The predicted octanol–water partition coefficient (Wildman–Crippen LogP) is 0.936. The van der Waals surface area contributed by atoms with Crippen molar-refractivity contribution in [1.82, 2.24) is 0 Å². The summed E-state index contributed by atoms with van der Waals surface area (Å²) in [4.78, 5) is 25.2. The molecule has 2 fully saturated rings. The Morgan fingerprint density at radius 2 is 1.29 bits per heavy atom. The summed E-state index contributed by atoms with van der Waals surface area (Å²) >= 11 is 0. The maximum absolute atomic E-state index is 12.6. The first-order valence-electron chi connectivity index (χ1n) is 22.6. The standard InChI is InChI=1S/C47H75NO17/c1-27-18-16-14-12-10-8-6-5-7-9-11-13-15-17-19-37(64-46-43(58)40(48)42(57)30(4)63-46)44-39(45(59)60)36(54)26-47(61,65-44)25-35(53)34(52)21-20-31(49)22-32(50)23-33(51)24-38(55)62-29(3)28(2)41(27)56/h5-7,9,11-18,27-37,39-44,46,49-54,56-58,61H,8,10,19-26,48H2,1-4H3,(H,59,60)/t27-,28-,29-,30+,31+,32+,33+,34-,35+,36-,37+,39-,40-,41+,42+,43-,44-,46+,47+/m0/s1. The van der Waals surface area contributed by atoms with Gasteiger partial charge in [-0.25, -0.2) is 0 Å². The predicted molar refractivity (Wildman–Crippen MR) is 237 cm³/mol. The van der Waals surface area contributed by atoms with E-state index < -0.39 is 141 Å². The summed E-state index contributed by atoms with van der Waals surface area (Å²) in [5.74, 6) is -7.03. The van der Waals surface area contributed by atoms with Gasteiger partial charge >= 0.3 is 11.9 Å². The van der Waals surface area contributed by atoms with Gasteiger partial charge < -0.3 is 80.9 Å². The second-order valence-corrected chi connectivity index (χ2v) is 17.8. The van der Waals surface area contributed by atoms with Crippen LogP contribution >= 0.6 is 0 Å². The number of nitrogens with two attached hydrogens (primary N) is 1. The fourth-order valence-electron chi connectivity index (χ4n) is 8.11. The lowest BCUT2D eigenvalue weighted by atomic mass is 9.82. The van der Waals surface area contributed by atoms with Crippen molar-refractivity contribution in [2.75, 3.05) is 0 Å². The van der Waals surface area contributed by atoms with Crippen LogP contribution in [0.25, 0.3) is 0 Å². The largest absolute Gasteiger partial charge is 0.481 e. The second-order valence-electron chi connectivity index (χ2n) is 17.8. The fraction of sp³-hybridized carbons (Fsp3) is 0.702. The van der Waals surface area contributed by atoms with Gasteiger partial charge in [-0.05, 0) is 58.8 Å². The first kappa shape index (κ1) is 56.1. The van der Waals surface area contributed by atoms with E-state index >= 15 is 0 Å². The van der Waals surface area contributed by atoms with Gasteiger partial charge in [0.1, 0.15) is 24.2 Å². The molecular weight excluding hydrogens is 851 g/mol. The first-order valence-corrected chi connectivity index (χ1v) is 22.6. The van der Waals surface area contributed by atoms with Crippen molar-refractivity contribution in [2.24, 2.45) is 23.5 Å². The highest BCUT2D eigenvalue weighted by Gasteiger charge is 2.54. The number of rotatable bonds is 3. The third-order valence-electron chi connectivity index (χ3n) is 12.3. The molecule has 18 heteroatoms. The molecule has 0 aliphatic carbocycles. The van der Waals surface area contributed by atoms with Crippen LogP contribution in [0.1, 0.15) is 91.9 Å². The average molecular weight is 926 g/mol. The van der Waals surface area contributed by atoms with E-state index in [-0.39, 0.29) is 38.0 Å². The van der Waals surface area contributed by atoms with E-state index in [4.69, 9.17) is 24.7 Å². The van der Waals surface area contributed by atoms with Gasteiger partial charge in [0.25, 0.3) is 0 Å². The molecule has 0 amide bonds. The molecule has 65 heavy (non-hydrogen) atoms. The Morgan fingerprint density at radius 3 is 1.94 bits per heavy atom. The number of esters is 1. The molecule has 18 nitrogen and oxygen atoms in total. The summed E-state index contributed by atoms with van der Waals surface area (Å²) in [6.07, 6.45) is 1.78. The molecule has 370 valence electrons. The van der Waals surface area contributed by atoms with E-state index in [1.165, 1.54) is 6.92 Å². The van der Waals surface area contributed by atoms with Crippen LogP contribution in [-0.4, -0.2) is 166 Å². The zero-order chi connectivity index (χ0) is 48.4. The van der Waals surface area contributed by atoms with E-state index in [0.29, 0.717) is 0 Å². The summed E-state index contributed by atoms with van der Waals surface area (Å²) in [5.41, 5.74) is 6.03. The van der Waals surface area contributed by atoms with Crippen LogP contribution < -0.4 is 5.73 Å². The number of cyclic esters (lactones) is 1. The number of aliphatic hydroxyl groups excluding tert-OH is 9. The molecule has 2 saturated heterocycles. The van der Waals surface area contributed by atoms with Crippen molar-refractivity contribution >= 4 is 11.9 Å². The Labute approximate surface area is 381 Å². The summed E-state index contributed by atoms with van der Waals surface area (Å²) < 4.78 is 23.3. The number of carboxylic acid groups (broad SMARTS) is 1. The van der Waals surface area contributed by atoms with Gasteiger partial charge in [0.15, 0.2) is 12.1 Å². The van der Waals surface area contributed by atoms with Crippen LogP contribution in [0.15, 0.2) is 72.9 Å². The van der Waals surface area contributed by atoms with Crippen LogP contribution in [0.4, 0.5) is 0 Å². The van der Waals surface area contributed by atoms with Crippen LogP contribution in [0.3, 0.4) is 0 Å². The van der Waals surface area contributed by atoms with Crippen LogP contribution in [0, 0.1) is 17.8 Å². The molecule has 0 saturated carbocycles. The van der Waals surface area contributed by atoms with E-state index in [9.17, 15) is 65.8 Å². The highest BCUT2D eigenvalue weighted by Crippen LogP contribution is 2.39. The molecule has 2 bridgehead atoms. The fourth-order valence-corrected chi connectivity index (χ4v) is 8.11. The van der Waals surface area contributed by atoms with Crippen LogP contribution in [0.5, 0.6) is 0 Å². The smallest absolute Gasteiger partial charge is 0.311 e. The Morgan fingerprint density at radius 1 is 0.708 bits per heavy atom. The second kappa shape index (κ2) is 27.6. The van der Waals surface area contributed by atoms with Gasteiger partial charge in [-0.1, -0.05) is 86.8 Å². The van der Waals surface area contributed by atoms with E-state index in [2.05, 4.69) is 0 Å². The zero-order valence-electron chi connectivity index (χ0n) is 37.8. The van der Waals surface area contributed by atoms with Gasteiger partial charge in [0.2, 0.25) is 0 Å². The molecule has 0 aromatic heterocycles. The van der Waals surface area contributed by atoms with E-state index in [1.54, 1.807) is 44.2 Å². The molecule has 0 unspecified atom stereocenters. The van der Waals surface area contributed by atoms with Gasteiger partial charge in [0, 0.05) is 24.7 Å². The number of carbonyl (C=O) groups excluding carboxylic acids is 1. The Kier molecular flexibility index (Phi) is 23.8. The van der Waals surface area contributed by atoms with Crippen molar-refractivity contribution < 1.29 is 84.7 Å². The molecule has 19 atom stereocenters. The molecule has 3 aliphatic heterocycles. The van der Waals surface area contributed by atoms with E-state index in [0.717, 1.165) is 12.8 Å². The summed E-state index contributed by atoms with van der Waals surface area (Å²) in [6, 6.07) is -1.20. The topological polar surface area (TPSA) is 320 Å². The molecule has 3 aliphatic rings. The number of hydrogen-bond donors (Lipinski definition) is 12. The molecule has 3 rings (SSSR count). The number of aliphatic hydroxyl groups is 10. The van der Waals surface area contributed by atoms with Gasteiger partial charge in [0.05, 0.1) is 73.5 Å². The monoisotopic (exact) mass is 926 g/mol. The van der Waals surface area contributed by atoms with Crippen LogP contribution in [-0.2, 0) is 28.5 Å². The first-order chi connectivity index (χ1) is 30.6. The minimum absolute atomic E-state index is 0.111. The Hall–Kier alpha value is -3.18. The van der Waals surface area contributed by atoms with Crippen LogP contribution in [0.2, 0.25) is 0 Å². The van der Waals surface area contributed by atoms with Crippen molar-refractivity contribution in [3.8, 4) is 0 Å². The van der Waals surface area contributed by atoms with E-state index in [1.807, 2.05) is 49.5 Å². The molecular formula is C47H75NO17. The highest BCUT2D eigenvalue weighted by molar-refractivity contribution is 5.72. The quantitative estimate of drug-likeness (QED) is 0.175. The lowest BCUT2D eigenvalue weighted by molar-refractivity contribution is -0.339. The number of carbonyl (C=O) groups is 2. The third kappa shape index (κ3) is 18.4. The van der Waals surface area contributed by atoms with Gasteiger partial charge in [-0.15, -0.1) is 0 Å². The maximum Gasteiger partial charge on any atom is 0.311 e. The van der Waals surface area contributed by atoms with Crippen molar-refractivity contribution in [2.45, 2.75) is 189 Å². The number of hydrogen-bond acceptors (Lipinski definition) is 17. The number of allylic oxidation sites excluding steroid dienone is 10. The molecule has 0 radical (unpaired) electrons. The summed E-state index contributed by atoms with van der Waals surface area (Å²) in [7, 11) is 0. The van der Waals surface area contributed by atoms with Crippen molar-refractivity contribution in [3.63, 3.8) is 0 Å². The molecule has 0 aromatic rings. The third-order valence-corrected chi connectivity index (χ3v) is 12.3. The molecule has 0 aromatic carbocycles. The Bertz CT molecular complexity index is 1620. The van der Waals surface area contributed by atoms with Crippen molar-refractivity contribution in [3.05, 3.63) is 72.9 Å². The SMILES string of the molecule is C[C@@H]1[C@H](O)[C@@H](C)C=CC=CCCC=CC=CC=CC=CC[C@@H](O[C@H]2O[C@H](C)[C@@H](O)[C@H](N)[C@@H]2O)[C@@H]2O[C@](O)(C[C@@H](O)[C@@H](O)CC[C@@H](O)C[C@@H](O)C[C@@H](O)CC(=O)O[C@H]1C)C[C@H](O)[C@@H]2C(=O)O. The highest BCUT2D eigenvalue weighted by atomic mass is 16.7. The normalized spacial score (nSPS) is 42.3. The minimum Gasteiger partial charge on any atom is -0.481 e.